The quantitative estimate of drug-likeness (QED) is 0.563. The number of thiazole rings is 1. The van der Waals surface area contributed by atoms with Gasteiger partial charge in [-0.1, -0.05) is 42.9 Å². The van der Waals surface area contributed by atoms with Crippen LogP contribution in [0.5, 0.6) is 0 Å². The average Bonchev–Trinajstić information content (AvgIpc) is 3.33. The Morgan fingerprint density at radius 3 is 2.69 bits per heavy atom. The van der Waals surface area contributed by atoms with Crippen LogP contribution in [0.4, 0.5) is 5.13 Å². The Morgan fingerprint density at radius 1 is 1.28 bits per heavy atom. The molecule has 1 fully saturated rings. The Morgan fingerprint density at radius 2 is 2.03 bits per heavy atom. The number of aryl methyl sites for hydroxylation is 2. The number of nitrogens with zero attached hydrogens (tertiary/aromatic N) is 3. The number of hydrogen-bond acceptors (Lipinski definition) is 4. The number of anilines is 1. The Labute approximate surface area is 180 Å². The summed E-state index contributed by atoms with van der Waals surface area (Å²) in [5, 5.41) is 9.18. The van der Waals surface area contributed by atoms with E-state index in [1.165, 1.54) is 42.4 Å². The second kappa shape index (κ2) is 7.92. The van der Waals surface area contributed by atoms with Gasteiger partial charge in [0, 0.05) is 18.4 Å². The van der Waals surface area contributed by atoms with Crippen molar-refractivity contribution in [3.8, 4) is 16.3 Å². The zero-order valence-electron chi connectivity index (χ0n) is 17.2. The van der Waals surface area contributed by atoms with Gasteiger partial charge in [0.2, 0.25) is 5.91 Å². The van der Waals surface area contributed by atoms with Crippen molar-refractivity contribution in [2.75, 3.05) is 5.32 Å². The van der Waals surface area contributed by atoms with Crippen LogP contribution < -0.4 is 5.32 Å². The molecule has 5 rings (SSSR count). The van der Waals surface area contributed by atoms with Gasteiger partial charge in [-0.25, -0.2) is 9.67 Å². The van der Waals surface area contributed by atoms with Gasteiger partial charge in [0.1, 0.15) is 0 Å². The average molecular weight is 429 g/mol. The molecule has 1 saturated carbocycles. The SMILES string of the molecule is CC.CC(=O)Nc1nc2c(s1)-c1c(c(C3CC3)nn1-c1ccc(C)cc1Cl)CC2. The van der Waals surface area contributed by atoms with Gasteiger partial charge in [0.15, 0.2) is 5.13 Å². The fourth-order valence-electron chi connectivity index (χ4n) is 3.74. The van der Waals surface area contributed by atoms with Gasteiger partial charge in [0.05, 0.1) is 32.7 Å². The molecule has 0 spiro atoms. The van der Waals surface area contributed by atoms with Crippen LogP contribution in [-0.2, 0) is 17.6 Å². The maximum absolute atomic E-state index is 11.5. The van der Waals surface area contributed by atoms with Crippen molar-refractivity contribution in [1.82, 2.24) is 14.8 Å². The molecule has 1 N–H and O–H groups in total. The predicted molar refractivity (Wildman–Crippen MR) is 119 cm³/mol. The third kappa shape index (κ3) is 3.71. The van der Waals surface area contributed by atoms with Crippen molar-refractivity contribution < 1.29 is 4.79 Å². The lowest BCUT2D eigenvalue weighted by Gasteiger charge is -2.15. The van der Waals surface area contributed by atoms with Crippen molar-refractivity contribution in [3.63, 3.8) is 0 Å². The summed E-state index contributed by atoms with van der Waals surface area (Å²) < 4.78 is 2.00. The third-order valence-corrected chi connectivity index (χ3v) is 6.44. The van der Waals surface area contributed by atoms with E-state index in [2.05, 4.69) is 16.4 Å². The van der Waals surface area contributed by atoms with Gasteiger partial charge >= 0.3 is 0 Å². The maximum Gasteiger partial charge on any atom is 0.223 e. The molecule has 0 unspecified atom stereocenters. The molecule has 152 valence electrons. The summed E-state index contributed by atoms with van der Waals surface area (Å²) in [5.41, 5.74) is 6.67. The fourth-order valence-corrected chi connectivity index (χ4v) is 5.17. The second-order valence-electron chi connectivity index (χ2n) is 7.33. The zero-order chi connectivity index (χ0) is 20.7. The molecule has 29 heavy (non-hydrogen) atoms. The van der Waals surface area contributed by atoms with Crippen LogP contribution >= 0.6 is 22.9 Å². The van der Waals surface area contributed by atoms with E-state index in [0.717, 1.165) is 40.4 Å². The molecule has 0 atom stereocenters. The molecule has 0 radical (unpaired) electrons. The molecule has 3 aromatic rings. The number of carbonyl (C=O) groups is 1. The van der Waals surface area contributed by atoms with Gasteiger partial charge < -0.3 is 5.32 Å². The van der Waals surface area contributed by atoms with E-state index in [9.17, 15) is 4.79 Å². The van der Waals surface area contributed by atoms with Crippen molar-refractivity contribution in [3.05, 3.63) is 45.7 Å². The Bertz CT molecular complexity index is 1080. The second-order valence-corrected chi connectivity index (χ2v) is 8.74. The molecule has 7 heteroatoms. The molecule has 2 heterocycles. The summed E-state index contributed by atoms with van der Waals surface area (Å²) in [6, 6.07) is 6.07. The minimum atomic E-state index is -0.102. The highest BCUT2D eigenvalue weighted by atomic mass is 35.5. The fraction of sp³-hybridized carbons (Fsp3) is 0.409. The highest BCUT2D eigenvalue weighted by molar-refractivity contribution is 7.19. The number of fused-ring (bicyclic) bond motifs is 3. The number of carbonyl (C=O) groups excluding carboxylic acids is 1. The van der Waals surface area contributed by atoms with Gasteiger partial charge in [0.25, 0.3) is 0 Å². The molecule has 5 nitrogen and oxygen atoms in total. The van der Waals surface area contributed by atoms with Crippen LogP contribution in [0.3, 0.4) is 0 Å². The topological polar surface area (TPSA) is 59.8 Å². The number of hydrogen-bond donors (Lipinski definition) is 1. The van der Waals surface area contributed by atoms with Crippen molar-refractivity contribution >= 4 is 34.0 Å². The normalized spacial score (nSPS) is 14.5. The van der Waals surface area contributed by atoms with Gasteiger partial charge in [-0.15, -0.1) is 0 Å². The highest BCUT2D eigenvalue weighted by Crippen LogP contribution is 2.48. The van der Waals surface area contributed by atoms with Crippen LogP contribution in [0.15, 0.2) is 18.2 Å². The third-order valence-electron chi connectivity index (χ3n) is 5.12. The van der Waals surface area contributed by atoms with Crippen molar-refractivity contribution in [2.24, 2.45) is 0 Å². The molecular formula is C22H25ClN4OS. The summed E-state index contributed by atoms with van der Waals surface area (Å²) in [4.78, 5) is 17.2. The number of nitrogens with one attached hydrogen (secondary N) is 1. The van der Waals surface area contributed by atoms with Crippen LogP contribution in [0, 0.1) is 6.92 Å². The molecule has 2 aromatic heterocycles. The lowest BCUT2D eigenvalue weighted by atomic mass is 9.96. The van der Waals surface area contributed by atoms with Gasteiger partial charge in [-0.3, -0.25) is 4.79 Å². The first kappa shape index (κ1) is 20.1. The van der Waals surface area contributed by atoms with E-state index < -0.39 is 0 Å². The number of rotatable bonds is 3. The summed E-state index contributed by atoms with van der Waals surface area (Å²) in [7, 11) is 0. The van der Waals surface area contributed by atoms with Crippen LogP contribution in [0.1, 0.15) is 62.0 Å². The minimum absolute atomic E-state index is 0.102. The largest absolute Gasteiger partial charge is 0.302 e. The van der Waals surface area contributed by atoms with E-state index in [1.807, 2.05) is 37.6 Å². The molecular weight excluding hydrogens is 404 g/mol. The van der Waals surface area contributed by atoms with E-state index in [-0.39, 0.29) is 5.91 Å². The zero-order valence-corrected chi connectivity index (χ0v) is 18.7. The van der Waals surface area contributed by atoms with Crippen LogP contribution in [0.25, 0.3) is 16.3 Å². The lowest BCUT2D eigenvalue weighted by Crippen LogP contribution is -2.07. The minimum Gasteiger partial charge on any atom is -0.302 e. The molecule has 0 bridgehead atoms. The van der Waals surface area contributed by atoms with Crippen molar-refractivity contribution in [2.45, 2.75) is 59.3 Å². The highest BCUT2D eigenvalue weighted by Gasteiger charge is 2.36. The number of halogens is 1. The Hall–Kier alpha value is -2.18. The van der Waals surface area contributed by atoms with E-state index in [0.29, 0.717) is 16.1 Å². The number of aromatic nitrogens is 3. The molecule has 0 aliphatic heterocycles. The number of amides is 1. The first-order valence-electron chi connectivity index (χ1n) is 10.2. The first-order chi connectivity index (χ1) is 14.0. The Balaban J connectivity index is 0.000000994. The monoisotopic (exact) mass is 428 g/mol. The standard InChI is InChI=1S/C20H19ClN4OS.C2H6/c1-10-3-8-16(14(21)9-10)25-18-13(17(24-25)12-4-5-12)6-7-15-19(18)27-20(23-15)22-11(2)26;1-2/h3,8-9,12H,4-7H2,1-2H3,(H,22,23,26);1-2H3. The maximum atomic E-state index is 11.5. The molecule has 1 aromatic carbocycles. The summed E-state index contributed by atoms with van der Waals surface area (Å²) in [6.45, 7) is 7.54. The smallest absolute Gasteiger partial charge is 0.223 e. The van der Waals surface area contributed by atoms with E-state index in [1.54, 1.807) is 0 Å². The van der Waals surface area contributed by atoms with Crippen molar-refractivity contribution in [1.29, 1.82) is 0 Å². The number of benzene rings is 1. The molecule has 0 saturated heterocycles. The predicted octanol–water partition coefficient (Wildman–Crippen LogP) is 5.92. The van der Waals surface area contributed by atoms with Crippen LogP contribution in [0.2, 0.25) is 5.02 Å². The first-order valence-corrected chi connectivity index (χ1v) is 11.4. The lowest BCUT2D eigenvalue weighted by molar-refractivity contribution is -0.114. The van der Waals surface area contributed by atoms with Gasteiger partial charge in [-0.05, 0) is 50.3 Å². The summed E-state index contributed by atoms with van der Waals surface area (Å²) >= 11 is 8.10. The summed E-state index contributed by atoms with van der Waals surface area (Å²) in [5.74, 6) is 0.462. The molecule has 1 amide bonds. The molecule has 2 aliphatic rings. The van der Waals surface area contributed by atoms with E-state index >= 15 is 0 Å². The Kier molecular flexibility index (Phi) is 5.49. The summed E-state index contributed by atoms with van der Waals surface area (Å²) in [6.07, 6.45) is 4.22. The van der Waals surface area contributed by atoms with E-state index in [4.69, 9.17) is 16.7 Å². The van der Waals surface area contributed by atoms with Crippen LogP contribution in [-0.4, -0.2) is 20.7 Å². The van der Waals surface area contributed by atoms with Gasteiger partial charge in [-0.2, -0.15) is 5.10 Å². The molecule has 2 aliphatic carbocycles.